The van der Waals surface area contributed by atoms with Crippen molar-refractivity contribution < 1.29 is 14.3 Å². The molecule has 0 unspecified atom stereocenters. The van der Waals surface area contributed by atoms with Crippen LogP contribution in [0.25, 0.3) is 0 Å². The second kappa shape index (κ2) is 8.69. The largest absolute Gasteiger partial charge is 0.484 e. The van der Waals surface area contributed by atoms with Crippen LogP contribution in [0, 0.1) is 0 Å². The fourth-order valence-electron chi connectivity index (χ4n) is 1.65. The van der Waals surface area contributed by atoms with Gasteiger partial charge < -0.3 is 15.4 Å². The Kier molecular flexibility index (Phi) is 6.61. The summed E-state index contributed by atoms with van der Waals surface area (Å²) in [6.07, 6.45) is 0. The van der Waals surface area contributed by atoms with Gasteiger partial charge in [0.05, 0.1) is 6.54 Å². The SMILES string of the molecule is O=C(COc1ccc(Br)cc1)NCC(=O)Nc1ccc(Br)cc1. The Labute approximate surface area is 150 Å². The zero-order valence-electron chi connectivity index (χ0n) is 12.0. The van der Waals surface area contributed by atoms with Crippen molar-refractivity contribution in [1.29, 1.82) is 0 Å². The Hall–Kier alpha value is -1.86. The van der Waals surface area contributed by atoms with Gasteiger partial charge >= 0.3 is 0 Å². The molecule has 7 heteroatoms. The van der Waals surface area contributed by atoms with E-state index in [1.54, 1.807) is 24.3 Å². The molecule has 0 radical (unpaired) electrons. The highest BCUT2D eigenvalue weighted by Gasteiger charge is 2.07. The topological polar surface area (TPSA) is 67.4 Å². The summed E-state index contributed by atoms with van der Waals surface area (Å²) in [6.45, 7) is -0.258. The summed E-state index contributed by atoms with van der Waals surface area (Å²) in [5.74, 6) is -0.0779. The molecule has 2 rings (SSSR count). The number of hydrogen-bond donors (Lipinski definition) is 2. The number of carbonyl (C=O) groups is 2. The van der Waals surface area contributed by atoms with Gasteiger partial charge in [0.15, 0.2) is 6.61 Å². The molecule has 23 heavy (non-hydrogen) atoms. The van der Waals surface area contributed by atoms with Crippen LogP contribution in [0.2, 0.25) is 0 Å². The Morgan fingerprint density at radius 1 is 0.870 bits per heavy atom. The summed E-state index contributed by atoms with van der Waals surface area (Å²) in [6, 6.07) is 14.3. The summed E-state index contributed by atoms with van der Waals surface area (Å²) in [4.78, 5) is 23.4. The average Bonchev–Trinajstić information content (AvgIpc) is 2.54. The molecule has 0 aliphatic carbocycles. The first-order chi connectivity index (χ1) is 11.0. The summed E-state index contributed by atoms with van der Waals surface area (Å²) in [5, 5.41) is 5.19. The van der Waals surface area contributed by atoms with Gasteiger partial charge in [-0.3, -0.25) is 9.59 Å². The van der Waals surface area contributed by atoms with E-state index in [2.05, 4.69) is 42.5 Å². The standard InChI is InChI=1S/C16H14Br2N2O3/c17-11-1-5-13(6-2-11)20-15(21)9-19-16(22)10-23-14-7-3-12(18)4-8-14/h1-8H,9-10H2,(H,19,22)(H,20,21). The quantitative estimate of drug-likeness (QED) is 0.722. The second-order valence-electron chi connectivity index (χ2n) is 4.57. The minimum atomic E-state index is -0.362. The minimum Gasteiger partial charge on any atom is -0.484 e. The molecule has 2 aromatic rings. The van der Waals surface area contributed by atoms with Crippen molar-refractivity contribution in [3.63, 3.8) is 0 Å². The van der Waals surface area contributed by atoms with E-state index >= 15 is 0 Å². The van der Waals surface area contributed by atoms with E-state index in [0.29, 0.717) is 11.4 Å². The fourth-order valence-corrected chi connectivity index (χ4v) is 2.18. The Balaban J connectivity index is 1.70. The molecule has 120 valence electrons. The second-order valence-corrected chi connectivity index (χ2v) is 6.41. The number of benzene rings is 2. The number of amides is 2. The highest BCUT2D eigenvalue weighted by atomic mass is 79.9. The number of nitrogens with one attached hydrogen (secondary N) is 2. The average molecular weight is 442 g/mol. The molecular formula is C16H14Br2N2O3. The maximum absolute atomic E-state index is 11.7. The smallest absolute Gasteiger partial charge is 0.258 e. The van der Waals surface area contributed by atoms with E-state index < -0.39 is 0 Å². The maximum Gasteiger partial charge on any atom is 0.258 e. The van der Waals surface area contributed by atoms with Gasteiger partial charge in [0.25, 0.3) is 5.91 Å². The van der Waals surface area contributed by atoms with E-state index in [1.165, 1.54) is 0 Å². The number of anilines is 1. The predicted molar refractivity (Wildman–Crippen MR) is 95.4 cm³/mol. The van der Waals surface area contributed by atoms with Crippen LogP contribution in [0.15, 0.2) is 57.5 Å². The molecule has 2 aromatic carbocycles. The molecule has 0 bridgehead atoms. The molecule has 2 N–H and O–H groups in total. The van der Waals surface area contributed by atoms with Gasteiger partial charge in [-0.2, -0.15) is 0 Å². The maximum atomic E-state index is 11.7. The van der Waals surface area contributed by atoms with Crippen LogP contribution in [0.1, 0.15) is 0 Å². The van der Waals surface area contributed by atoms with Gasteiger partial charge in [0.1, 0.15) is 5.75 Å². The molecule has 0 saturated heterocycles. The summed E-state index contributed by atoms with van der Waals surface area (Å²) < 4.78 is 7.17. The van der Waals surface area contributed by atoms with Crippen LogP contribution in [-0.4, -0.2) is 25.0 Å². The van der Waals surface area contributed by atoms with Crippen LogP contribution in [-0.2, 0) is 9.59 Å². The molecule has 0 atom stereocenters. The zero-order chi connectivity index (χ0) is 16.7. The van der Waals surface area contributed by atoms with Crippen LogP contribution >= 0.6 is 31.9 Å². The third kappa shape index (κ3) is 6.42. The number of carbonyl (C=O) groups excluding carboxylic acids is 2. The monoisotopic (exact) mass is 440 g/mol. The molecule has 0 aromatic heterocycles. The molecule has 0 aliphatic heterocycles. The van der Waals surface area contributed by atoms with Gasteiger partial charge in [0, 0.05) is 14.6 Å². The molecule has 0 aliphatic rings. The van der Waals surface area contributed by atoms with E-state index in [4.69, 9.17) is 4.74 Å². The molecule has 0 saturated carbocycles. The van der Waals surface area contributed by atoms with E-state index in [0.717, 1.165) is 8.95 Å². The first kappa shape index (κ1) is 17.5. The summed E-state index contributed by atoms with van der Waals surface area (Å²) >= 11 is 6.63. The van der Waals surface area contributed by atoms with Gasteiger partial charge in [-0.1, -0.05) is 31.9 Å². The molecular weight excluding hydrogens is 428 g/mol. The summed E-state index contributed by atoms with van der Waals surface area (Å²) in [5.41, 5.74) is 0.665. The highest BCUT2D eigenvalue weighted by Crippen LogP contribution is 2.16. The van der Waals surface area contributed by atoms with Crippen molar-refractivity contribution in [2.75, 3.05) is 18.5 Å². The lowest BCUT2D eigenvalue weighted by atomic mass is 10.3. The van der Waals surface area contributed by atoms with Crippen LogP contribution < -0.4 is 15.4 Å². The van der Waals surface area contributed by atoms with Crippen molar-refractivity contribution in [3.05, 3.63) is 57.5 Å². The minimum absolute atomic E-state index is 0.113. The Morgan fingerprint density at radius 2 is 1.43 bits per heavy atom. The Morgan fingerprint density at radius 3 is 2.04 bits per heavy atom. The van der Waals surface area contributed by atoms with Crippen molar-refractivity contribution in [2.45, 2.75) is 0 Å². The number of halogens is 2. The molecule has 0 fully saturated rings. The summed E-state index contributed by atoms with van der Waals surface area (Å²) in [7, 11) is 0. The lowest BCUT2D eigenvalue weighted by Crippen LogP contribution is -2.35. The van der Waals surface area contributed by atoms with E-state index in [9.17, 15) is 9.59 Å². The zero-order valence-corrected chi connectivity index (χ0v) is 15.2. The lowest BCUT2D eigenvalue weighted by Gasteiger charge is -2.08. The highest BCUT2D eigenvalue weighted by molar-refractivity contribution is 9.10. The van der Waals surface area contributed by atoms with Crippen molar-refractivity contribution >= 4 is 49.4 Å². The van der Waals surface area contributed by atoms with Crippen LogP contribution in [0.3, 0.4) is 0 Å². The van der Waals surface area contributed by atoms with Crippen molar-refractivity contribution in [2.24, 2.45) is 0 Å². The Bertz CT molecular complexity index is 673. The van der Waals surface area contributed by atoms with Gasteiger partial charge in [-0.05, 0) is 48.5 Å². The third-order valence-electron chi connectivity index (χ3n) is 2.76. The normalized spacial score (nSPS) is 10.0. The predicted octanol–water partition coefficient (Wildman–Crippen LogP) is 3.35. The fraction of sp³-hybridized carbons (Fsp3) is 0.125. The van der Waals surface area contributed by atoms with Gasteiger partial charge in [-0.25, -0.2) is 0 Å². The number of rotatable bonds is 6. The molecule has 0 heterocycles. The third-order valence-corrected chi connectivity index (χ3v) is 3.81. The van der Waals surface area contributed by atoms with Crippen LogP contribution in [0.4, 0.5) is 5.69 Å². The number of hydrogen-bond acceptors (Lipinski definition) is 3. The van der Waals surface area contributed by atoms with E-state index in [-0.39, 0.29) is 25.0 Å². The van der Waals surface area contributed by atoms with E-state index in [1.807, 2.05) is 24.3 Å². The molecule has 5 nitrogen and oxygen atoms in total. The van der Waals surface area contributed by atoms with Crippen molar-refractivity contribution in [1.82, 2.24) is 5.32 Å². The van der Waals surface area contributed by atoms with Crippen LogP contribution in [0.5, 0.6) is 5.75 Å². The van der Waals surface area contributed by atoms with Gasteiger partial charge in [-0.15, -0.1) is 0 Å². The lowest BCUT2D eigenvalue weighted by molar-refractivity contribution is -0.125. The number of ether oxygens (including phenoxy) is 1. The molecule has 0 spiro atoms. The van der Waals surface area contributed by atoms with Crippen molar-refractivity contribution in [3.8, 4) is 5.75 Å². The molecule has 2 amide bonds. The first-order valence-electron chi connectivity index (χ1n) is 6.73. The van der Waals surface area contributed by atoms with Gasteiger partial charge in [0.2, 0.25) is 5.91 Å². The first-order valence-corrected chi connectivity index (χ1v) is 8.32.